The normalized spacial score (nSPS) is 17.7. The Balaban J connectivity index is 1.74. The summed E-state index contributed by atoms with van der Waals surface area (Å²) in [7, 11) is -3.16. The summed E-state index contributed by atoms with van der Waals surface area (Å²) < 4.78 is 29.8. The van der Waals surface area contributed by atoms with E-state index in [-0.39, 0.29) is 11.0 Å². The van der Waals surface area contributed by atoms with Gasteiger partial charge in [0.15, 0.2) is 9.84 Å². The van der Waals surface area contributed by atoms with Crippen LogP contribution in [0.4, 0.5) is 0 Å². The van der Waals surface area contributed by atoms with Crippen LogP contribution in [0.2, 0.25) is 0 Å². The fourth-order valence-electron chi connectivity index (χ4n) is 1.84. The molecular formula is C15H14O3S2. The molecule has 1 aliphatic rings. The molecule has 3 rings (SSSR count). The van der Waals surface area contributed by atoms with E-state index < -0.39 is 9.84 Å². The maximum atomic E-state index is 12.1. The number of para-hydroxylation sites is 1. The lowest BCUT2D eigenvalue weighted by molar-refractivity contribution is 0.482. The Morgan fingerprint density at radius 3 is 2.20 bits per heavy atom. The van der Waals surface area contributed by atoms with Gasteiger partial charge in [-0.3, -0.25) is 0 Å². The van der Waals surface area contributed by atoms with Crippen LogP contribution in [0.1, 0.15) is 0 Å². The molecule has 0 radical (unpaired) electrons. The van der Waals surface area contributed by atoms with Crippen LogP contribution in [0.15, 0.2) is 59.5 Å². The van der Waals surface area contributed by atoms with Crippen LogP contribution in [0.5, 0.6) is 11.5 Å². The maximum absolute atomic E-state index is 12.1. The zero-order valence-corrected chi connectivity index (χ0v) is 12.4. The van der Waals surface area contributed by atoms with Gasteiger partial charge in [0.25, 0.3) is 0 Å². The van der Waals surface area contributed by atoms with Gasteiger partial charge >= 0.3 is 0 Å². The average Bonchev–Trinajstić information content (AvgIpc) is 3.24. The van der Waals surface area contributed by atoms with Gasteiger partial charge in [0, 0.05) is 11.0 Å². The lowest BCUT2D eigenvalue weighted by Gasteiger charge is -2.07. The predicted octanol–water partition coefficient (Wildman–Crippen LogP) is 3.37. The molecule has 104 valence electrons. The highest BCUT2D eigenvalue weighted by molar-refractivity contribution is 8.08. The van der Waals surface area contributed by atoms with E-state index in [9.17, 15) is 8.42 Å². The molecule has 1 atom stereocenters. The summed E-state index contributed by atoms with van der Waals surface area (Å²) in [5.41, 5.74) is 0. The largest absolute Gasteiger partial charge is 0.457 e. The monoisotopic (exact) mass is 306 g/mol. The number of benzene rings is 2. The minimum Gasteiger partial charge on any atom is -0.457 e. The van der Waals surface area contributed by atoms with E-state index in [0.717, 1.165) is 11.5 Å². The Morgan fingerprint density at radius 2 is 1.60 bits per heavy atom. The number of hydrogen-bond donors (Lipinski definition) is 0. The van der Waals surface area contributed by atoms with E-state index >= 15 is 0 Å². The van der Waals surface area contributed by atoms with Crippen molar-refractivity contribution in [2.75, 3.05) is 11.5 Å². The second-order valence-corrected chi connectivity index (χ2v) is 7.99. The molecule has 2 aromatic rings. The number of rotatable bonds is 5. The smallest absolute Gasteiger partial charge is 0.179 e. The van der Waals surface area contributed by atoms with E-state index in [1.807, 2.05) is 30.3 Å². The zero-order valence-electron chi connectivity index (χ0n) is 10.7. The summed E-state index contributed by atoms with van der Waals surface area (Å²) in [6, 6.07) is 16.0. The van der Waals surface area contributed by atoms with E-state index in [1.165, 1.54) is 0 Å². The molecule has 0 spiro atoms. The van der Waals surface area contributed by atoms with Gasteiger partial charge < -0.3 is 4.74 Å². The van der Waals surface area contributed by atoms with Crippen molar-refractivity contribution in [3.05, 3.63) is 54.6 Å². The molecular weight excluding hydrogens is 292 g/mol. The second-order valence-electron chi connectivity index (χ2n) is 4.62. The zero-order chi connectivity index (χ0) is 14.0. The molecule has 0 amide bonds. The van der Waals surface area contributed by atoms with Gasteiger partial charge in [-0.05, 0) is 36.4 Å². The lowest BCUT2D eigenvalue weighted by atomic mass is 10.3. The molecule has 0 unspecified atom stereocenters. The lowest BCUT2D eigenvalue weighted by Crippen LogP contribution is -2.10. The van der Waals surface area contributed by atoms with Crippen molar-refractivity contribution in [3.8, 4) is 11.5 Å². The van der Waals surface area contributed by atoms with Crippen molar-refractivity contribution in [2.24, 2.45) is 0 Å². The third-order valence-electron chi connectivity index (χ3n) is 2.97. The van der Waals surface area contributed by atoms with Gasteiger partial charge in [-0.1, -0.05) is 18.2 Å². The molecule has 0 N–H and O–H groups in total. The molecule has 0 aliphatic carbocycles. The quantitative estimate of drug-likeness (QED) is 0.794. The van der Waals surface area contributed by atoms with Crippen LogP contribution in [-0.2, 0) is 9.84 Å². The highest BCUT2D eigenvalue weighted by Crippen LogP contribution is 2.33. The van der Waals surface area contributed by atoms with Crippen molar-refractivity contribution in [1.29, 1.82) is 0 Å². The minimum absolute atomic E-state index is 0.233. The van der Waals surface area contributed by atoms with E-state index in [2.05, 4.69) is 0 Å². The van der Waals surface area contributed by atoms with Gasteiger partial charge in [-0.25, -0.2) is 8.42 Å². The number of ether oxygens (including phenoxy) is 1. The minimum atomic E-state index is -3.16. The van der Waals surface area contributed by atoms with Crippen LogP contribution in [-0.4, -0.2) is 25.2 Å². The van der Waals surface area contributed by atoms with Crippen LogP contribution >= 0.6 is 11.8 Å². The van der Waals surface area contributed by atoms with Crippen molar-refractivity contribution >= 4 is 21.6 Å². The molecule has 2 aromatic carbocycles. The first kappa shape index (κ1) is 13.5. The summed E-state index contributed by atoms with van der Waals surface area (Å²) in [5.74, 6) is 2.55. The summed E-state index contributed by atoms with van der Waals surface area (Å²) in [5, 5.41) is 0.278. The van der Waals surface area contributed by atoms with Crippen LogP contribution in [0, 0.1) is 0 Å². The van der Waals surface area contributed by atoms with Gasteiger partial charge in [-0.15, -0.1) is 0 Å². The van der Waals surface area contributed by atoms with E-state index in [0.29, 0.717) is 10.6 Å². The van der Waals surface area contributed by atoms with Gasteiger partial charge in [0.2, 0.25) is 0 Å². The molecule has 0 bridgehead atoms. The maximum Gasteiger partial charge on any atom is 0.179 e. The van der Waals surface area contributed by atoms with Gasteiger partial charge in [0.05, 0.1) is 10.6 Å². The van der Waals surface area contributed by atoms with E-state index in [4.69, 9.17) is 4.74 Å². The highest BCUT2D eigenvalue weighted by Gasteiger charge is 2.29. The first-order valence-corrected chi connectivity index (χ1v) is 9.01. The molecule has 20 heavy (non-hydrogen) atoms. The summed E-state index contributed by atoms with van der Waals surface area (Å²) in [6.45, 7) is 0. The van der Waals surface area contributed by atoms with Crippen LogP contribution in [0.3, 0.4) is 0 Å². The Bertz CT molecular complexity index is 675. The Morgan fingerprint density at radius 1 is 1.00 bits per heavy atom. The highest BCUT2D eigenvalue weighted by atomic mass is 32.2. The molecule has 0 aromatic heterocycles. The number of thioether (sulfide) groups is 1. The predicted molar refractivity (Wildman–Crippen MR) is 81.3 cm³/mol. The number of hydrogen-bond acceptors (Lipinski definition) is 4. The Labute approximate surface area is 122 Å². The molecule has 1 fully saturated rings. The molecule has 1 saturated heterocycles. The fraction of sp³-hybridized carbons (Fsp3) is 0.200. The Hall–Kier alpha value is -1.46. The molecule has 1 heterocycles. The van der Waals surface area contributed by atoms with Crippen LogP contribution in [0.25, 0.3) is 0 Å². The topological polar surface area (TPSA) is 43.4 Å². The molecule has 0 saturated carbocycles. The number of sulfone groups is 1. The third kappa shape index (κ3) is 3.35. The third-order valence-corrected chi connectivity index (χ3v) is 5.98. The van der Waals surface area contributed by atoms with Crippen molar-refractivity contribution in [2.45, 2.75) is 10.1 Å². The van der Waals surface area contributed by atoms with Crippen molar-refractivity contribution in [1.82, 2.24) is 0 Å². The second kappa shape index (κ2) is 5.50. The Kier molecular flexibility index (Phi) is 3.72. The SMILES string of the molecule is O=S(=O)(C[C@@H]1CS1)c1ccc(Oc2ccccc2)cc1. The van der Waals surface area contributed by atoms with Gasteiger partial charge in [-0.2, -0.15) is 11.8 Å². The average molecular weight is 306 g/mol. The standard InChI is InChI=1S/C15H14O3S2/c16-20(17,11-14-10-19-14)15-8-6-13(7-9-15)18-12-4-2-1-3-5-12/h1-9,14H,10-11H2/t14-/m0/s1. The van der Waals surface area contributed by atoms with Gasteiger partial charge in [0.1, 0.15) is 11.5 Å². The first-order valence-electron chi connectivity index (χ1n) is 6.31. The molecule has 5 heteroatoms. The van der Waals surface area contributed by atoms with Crippen molar-refractivity contribution < 1.29 is 13.2 Å². The van der Waals surface area contributed by atoms with E-state index in [1.54, 1.807) is 36.0 Å². The van der Waals surface area contributed by atoms with Crippen LogP contribution < -0.4 is 4.74 Å². The summed E-state index contributed by atoms with van der Waals surface area (Å²) in [6.07, 6.45) is 0. The summed E-state index contributed by atoms with van der Waals surface area (Å²) >= 11 is 1.69. The fourth-order valence-corrected chi connectivity index (χ4v) is 4.52. The summed E-state index contributed by atoms with van der Waals surface area (Å²) in [4.78, 5) is 0.366. The first-order chi connectivity index (χ1) is 9.63. The van der Waals surface area contributed by atoms with Crippen molar-refractivity contribution in [3.63, 3.8) is 0 Å². The molecule has 3 nitrogen and oxygen atoms in total. The molecule has 1 aliphatic heterocycles.